The minimum absolute atomic E-state index is 0.0102. The summed E-state index contributed by atoms with van der Waals surface area (Å²) in [5, 5.41) is 3.91. The molecule has 4 rings (SSSR count). The third kappa shape index (κ3) is 3.98. The van der Waals surface area contributed by atoms with Crippen LogP contribution in [0.25, 0.3) is 0 Å². The van der Waals surface area contributed by atoms with Crippen molar-refractivity contribution in [2.75, 3.05) is 20.2 Å². The Hall–Kier alpha value is -3.35. The first-order chi connectivity index (χ1) is 13.7. The molecule has 3 aromatic rings. The fraction of sp³-hybridized carbons (Fsp3) is 0.286. The van der Waals surface area contributed by atoms with Crippen molar-refractivity contribution in [1.82, 2.24) is 15.0 Å². The Morgan fingerprint density at radius 2 is 1.96 bits per heavy atom. The Labute approximate surface area is 162 Å². The summed E-state index contributed by atoms with van der Waals surface area (Å²) in [6.45, 7) is 1.23. The van der Waals surface area contributed by atoms with Gasteiger partial charge in [-0.25, -0.2) is 0 Å². The highest BCUT2D eigenvalue weighted by Gasteiger charge is 2.29. The van der Waals surface area contributed by atoms with Crippen molar-refractivity contribution in [3.05, 3.63) is 66.1 Å². The molecule has 0 N–H and O–H groups in total. The molecule has 2 aromatic carbocycles. The topological polar surface area (TPSA) is 77.7 Å². The number of aromatic nitrogens is 2. The average molecular weight is 379 g/mol. The minimum atomic E-state index is -0.0242. The fourth-order valence-corrected chi connectivity index (χ4v) is 3.32. The molecule has 1 fully saturated rings. The highest BCUT2D eigenvalue weighted by molar-refractivity contribution is 5.94. The number of nitrogens with zero attached hydrogens (tertiary/aromatic N) is 3. The summed E-state index contributed by atoms with van der Waals surface area (Å²) >= 11 is 0. The molecule has 0 saturated carbocycles. The quantitative estimate of drug-likeness (QED) is 0.669. The van der Waals surface area contributed by atoms with Crippen LogP contribution in [0.3, 0.4) is 0 Å². The van der Waals surface area contributed by atoms with Crippen molar-refractivity contribution < 1.29 is 18.8 Å². The largest absolute Gasteiger partial charge is 0.497 e. The lowest BCUT2D eigenvalue weighted by Gasteiger charge is -2.31. The number of ether oxygens (including phenoxy) is 2. The van der Waals surface area contributed by atoms with Crippen molar-refractivity contribution in [3.63, 3.8) is 0 Å². The third-order valence-corrected chi connectivity index (χ3v) is 4.75. The van der Waals surface area contributed by atoms with Gasteiger partial charge in [-0.05, 0) is 48.3 Å². The van der Waals surface area contributed by atoms with Crippen LogP contribution in [-0.2, 0) is 0 Å². The number of piperidine rings is 1. The van der Waals surface area contributed by atoms with E-state index in [4.69, 9.17) is 14.0 Å². The Morgan fingerprint density at radius 1 is 1.14 bits per heavy atom. The molecule has 1 saturated heterocycles. The van der Waals surface area contributed by atoms with Crippen molar-refractivity contribution in [1.29, 1.82) is 0 Å². The van der Waals surface area contributed by atoms with Crippen LogP contribution in [0.5, 0.6) is 17.5 Å². The van der Waals surface area contributed by atoms with Gasteiger partial charge in [0.1, 0.15) is 11.5 Å². The van der Waals surface area contributed by atoms with Crippen molar-refractivity contribution in [2.24, 2.45) is 0 Å². The van der Waals surface area contributed by atoms with E-state index >= 15 is 0 Å². The van der Waals surface area contributed by atoms with Crippen molar-refractivity contribution in [2.45, 2.75) is 18.8 Å². The number of carbonyl (C=O) groups is 1. The molecule has 1 aliphatic heterocycles. The van der Waals surface area contributed by atoms with E-state index in [2.05, 4.69) is 10.1 Å². The molecule has 0 bridgehead atoms. The van der Waals surface area contributed by atoms with Crippen LogP contribution < -0.4 is 9.47 Å². The number of para-hydroxylation sites is 1. The minimum Gasteiger partial charge on any atom is -0.497 e. The molecule has 0 unspecified atom stereocenters. The number of rotatable bonds is 5. The zero-order valence-corrected chi connectivity index (χ0v) is 15.6. The van der Waals surface area contributed by atoms with Gasteiger partial charge < -0.3 is 18.9 Å². The maximum atomic E-state index is 12.9. The van der Waals surface area contributed by atoms with Crippen LogP contribution in [0, 0.1) is 0 Å². The monoisotopic (exact) mass is 379 g/mol. The van der Waals surface area contributed by atoms with Crippen LogP contribution in [0.15, 0.2) is 59.1 Å². The Morgan fingerprint density at radius 3 is 2.79 bits per heavy atom. The Kier molecular flexibility index (Phi) is 5.23. The molecule has 144 valence electrons. The number of carbonyl (C=O) groups excluding carboxylic acids is 1. The molecule has 7 nitrogen and oxygen atoms in total. The van der Waals surface area contributed by atoms with Gasteiger partial charge in [-0.15, -0.1) is 0 Å². The van der Waals surface area contributed by atoms with Crippen LogP contribution in [0.1, 0.15) is 35.0 Å². The second kappa shape index (κ2) is 8.12. The van der Waals surface area contributed by atoms with Crippen LogP contribution in [0.2, 0.25) is 0 Å². The van der Waals surface area contributed by atoms with Gasteiger partial charge >= 0.3 is 6.01 Å². The predicted octanol–water partition coefficient (Wildman–Crippen LogP) is 3.89. The number of hydrogen-bond acceptors (Lipinski definition) is 6. The van der Waals surface area contributed by atoms with Crippen molar-refractivity contribution in [3.8, 4) is 17.5 Å². The Bertz CT molecular complexity index is 942. The first-order valence-electron chi connectivity index (χ1n) is 9.23. The van der Waals surface area contributed by atoms with E-state index in [-0.39, 0.29) is 17.8 Å². The SMILES string of the molecule is COc1cccc(C(=O)N2CCC[C@H](c3nc(Oc4ccccc4)no3)C2)c1. The van der Waals surface area contributed by atoms with E-state index in [0.29, 0.717) is 36.0 Å². The molecule has 1 aromatic heterocycles. The summed E-state index contributed by atoms with van der Waals surface area (Å²) in [5.74, 6) is 1.77. The molecular weight excluding hydrogens is 358 g/mol. The smallest absolute Gasteiger partial charge is 0.359 e. The maximum Gasteiger partial charge on any atom is 0.359 e. The van der Waals surface area contributed by atoms with E-state index in [1.54, 1.807) is 19.2 Å². The van der Waals surface area contributed by atoms with E-state index in [0.717, 1.165) is 12.8 Å². The zero-order chi connectivity index (χ0) is 19.3. The number of benzene rings is 2. The van der Waals surface area contributed by atoms with Gasteiger partial charge in [0.05, 0.1) is 13.0 Å². The van der Waals surface area contributed by atoms with Gasteiger partial charge in [0, 0.05) is 18.7 Å². The van der Waals surface area contributed by atoms with E-state index in [9.17, 15) is 4.79 Å². The molecule has 28 heavy (non-hydrogen) atoms. The first kappa shape index (κ1) is 18.0. The highest BCUT2D eigenvalue weighted by atomic mass is 16.6. The molecule has 1 amide bonds. The van der Waals surface area contributed by atoms with Gasteiger partial charge in [-0.1, -0.05) is 24.3 Å². The second-order valence-corrected chi connectivity index (χ2v) is 6.65. The first-order valence-corrected chi connectivity index (χ1v) is 9.23. The van der Waals surface area contributed by atoms with Crippen molar-refractivity contribution >= 4 is 5.91 Å². The molecule has 2 heterocycles. The molecular formula is C21H21N3O4. The summed E-state index contributed by atoms with van der Waals surface area (Å²) in [7, 11) is 1.59. The van der Waals surface area contributed by atoms with Crippen LogP contribution in [-0.4, -0.2) is 41.1 Å². The van der Waals surface area contributed by atoms with Gasteiger partial charge in [-0.2, -0.15) is 4.98 Å². The molecule has 0 radical (unpaired) electrons. The fourth-order valence-electron chi connectivity index (χ4n) is 3.32. The zero-order valence-electron chi connectivity index (χ0n) is 15.6. The molecule has 1 aliphatic rings. The number of methoxy groups -OCH3 is 1. The summed E-state index contributed by atoms with van der Waals surface area (Å²) in [5.41, 5.74) is 0.610. The molecule has 0 aliphatic carbocycles. The highest BCUT2D eigenvalue weighted by Crippen LogP contribution is 2.29. The lowest BCUT2D eigenvalue weighted by Crippen LogP contribution is -2.39. The number of hydrogen-bond donors (Lipinski definition) is 0. The number of amides is 1. The number of likely N-dealkylation sites (tertiary alicyclic amines) is 1. The molecule has 7 heteroatoms. The summed E-state index contributed by atoms with van der Waals surface area (Å²) in [4.78, 5) is 19.1. The standard InChI is InChI=1S/C21H21N3O4/c1-26-18-11-5-7-15(13-18)20(25)24-12-6-8-16(14-24)19-22-21(23-28-19)27-17-9-3-2-4-10-17/h2-5,7,9-11,13,16H,6,8,12,14H2,1H3/t16-/m0/s1. The summed E-state index contributed by atoms with van der Waals surface area (Å²) < 4.78 is 16.2. The summed E-state index contributed by atoms with van der Waals surface area (Å²) in [6, 6.07) is 16.7. The molecule has 1 atom stereocenters. The maximum absolute atomic E-state index is 12.9. The molecule has 0 spiro atoms. The third-order valence-electron chi connectivity index (χ3n) is 4.75. The van der Waals surface area contributed by atoms with Gasteiger partial charge in [-0.3, -0.25) is 4.79 Å². The van der Waals surface area contributed by atoms with E-state index in [1.807, 2.05) is 47.4 Å². The van der Waals surface area contributed by atoms with Crippen LogP contribution >= 0.6 is 0 Å². The van der Waals surface area contributed by atoms with Crippen LogP contribution in [0.4, 0.5) is 0 Å². The van der Waals surface area contributed by atoms with Gasteiger partial charge in [0.25, 0.3) is 5.91 Å². The lowest BCUT2D eigenvalue weighted by atomic mass is 9.97. The lowest BCUT2D eigenvalue weighted by molar-refractivity contribution is 0.0695. The Balaban J connectivity index is 1.44. The predicted molar refractivity (Wildman–Crippen MR) is 102 cm³/mol. The van der Waals surface area contributed by atoms with E-state index in [1.165, 1.54) is 0 Å². The normalized spacial score (nSPS) is 16.6. The summed E-state index contributed by atoms with van der Waals surface area (Å²) in [6.07, 6.45) is 1.76. The van der Waals surface area contributed by atoms with E-state index < -0.39 is 0 Å². The van der Waals surface area contributed by atoms with Gasteiger partial charge in [0.15, 0.2) is 0 Å². The average Bonchev–Trinajstić information content (AvgIpc) is 3.22. The van der Waals surface area contributed by atoms with Gasteiger partial charge in [0.2, 0.25) is 5.89 Å². The second-order valence-electron chi connectivity index (χ2n) is 6.65.